The van der Waals surface area contributed by atoms with Crippen LogP contribution in [0.2, 0.25) is 5.02 Å². The number of ether oxygens (including phenoxy) is 5. The minimum Gasteiger partial charge on any atom is -0.497 e. The summed E-state index contributed by atoms with van der Waals surface area (Å²) in [5.41, 5.74) is 13.5. The van der Waals surface area contributed by atoms with Crippen LogP contribution in [0.4, 0.5) is 20.7 Å². The minimum absolute atomic E-state index is 0.110. The maximum atomic E-state index is 15.2. The maximum Gasteiger partial charge on any atom is 0.326 e. The van der Waals surface area contributed by atoms with Crippen LogP contribution in [0, 0.1) is 12.7 Å². The van der Waals surface area contributed by atoms with Crippen LogP contribution in [0.15, 0.2) is 102 Å². The number of carbonyl (C=O) groups excluding carboxylic acids is 4. The molecule has 3 atom stereocenters. The van der Waals surface area contributed by atoms with Gasteiger partial charge in [-0.1, -0.05) is 53.6 Å². The van der Waals surface area contributed by atoms with Crippen molar-refractivity contribution in [3.05, 3.63) is 147 Å². The van der Waals surface area contributed by atoms with Crippen molar-refractivity contribution in [2.75, 3.05) is 105 Å². The number of likely N-dealkylation sites (N-methyl/N-ethyl adjacent to an activating group) is 1. The number of aromatic nitrogens is 3. The summed E-state index contributed by atoms with van der Waals surface area (Å²) in [6.45, 7) is 8.85. The Morgan fingerprint density at radius 3 is 2.33 bits per heavy atom. The van der Waals surface area contributed by atoms with Crippen molar-refractivity contribution in [1.82, 2.24) is 39.3 Å². The van der Waals surface area contributed by atoms with Crippen molar-refractivity contribution in [2.45, 2.75) is 77.4 Å². The van der Waals surface area contributed by atoms with E-state index in [2.05, 4.69) is 9.88 Å². The fourth-order valence-electron chi connectivity index (χ4n) is 11.6. The van der Waals surface area contributed by atoms with E-state index in [-0.39, 0.29) is 94.9 Å². The average molecular weight is 1180 g/mol. The number of hydrogen-bond donors (Lipinski definition) is 1. The largest absolute Gasteiger partial charge is 0.497 e. The normalized spacial score (nSPS) is 17.7. The van der Waals surface area contributed by atoms with E-state index in [1.807, 2.05) is 75.4 Å². The number of piperazine rings is 1. The molecular formula is C63H73ClFN11O9. The smallest absolute Gasteiger partial charge is 0.326 e. The standard InChI is InChI=1S/C63H73ClFN11O9/c1-39(2)85-53-35-46(81-6)19-21-48(53)60-68-57(41-12-10-40(3)11-13-41)58(42-14-16-44(64)17-15-42)76(60)63(80)73-26-25-72(55(78)38-73)28-30-84-32-31-83-29-22-54(77)70(4)24-27-75-62(82-7)56-43-33-52(59(66)67-36-43)74-23-8-9-51(74)49-34-45(65)18-20-47(49)61(79)71(5)37-50(56)69-75/h10-21,33-36,39,51,57-58H,8-9,22-32,37-38H2,1-7H3,(H2,66,67)/t51-,57+,58-/m1/s1. The molecule has 6 heterocycles. The monoisotopic (exact) mass is 1180 g/mol. The molecular weight excluding hydrogens is 1110 g/mol. The molecule has 4 aromatic carbocycles. The molecule has 6 aromatic rings. The first-order valence-corrected chi connectivity index (χ1v) is 29.1. The molecule has 2 N–H and O–H groups in total. The fraction of sp³-hybridized carbons (Fsp3) is 0.413. The van der Waals surface area contributed by atoms with E-state index >= 15 is 4.79 Å². The predicted octanol–water partition coefficient (Wildman–Crippen LogP) is 8.75. The first kappa shape index (κ1) is 59.9. The van der Waals surface area contributed by atoms with Crippen LogP contribution in [-0.2, 0) is 32.2 Å². The van der Waals surface area contributed by atoms with Gasteiger partial charge < -0.3 is 53.9 Å². The number of aryl methyl sites for hydroxylation is 1. The summed E-state index contributed by atoms with van der Waals surface area (Å²) in [5.74, 6) is 1.21. The van der Waals surface area contributed by atoms with E-state index in [0.29, 0.717) is 106 Å². The van der Waals surface area contributed by atoms with Gasteiger partial charge in [0.15, 0.2) is 0 Å². The summed E-state index contributed by atoms with van der Waals surface area (Å²) in [6.07, 6.45) is 3.12. The number of amides is 5. The van der Waals surface area contributed by atoms with E-state index in [0.717, 1.165) is 23.1 Å². The van der Waals surface area contributed by atoms with Crippen LogP contribution in [0.1, 0.15) is 95.1 Å². The van der Waals surface area contributed by atoms with E-state index in [4.69, 9.17) is 51.1 Å². The lowest BCUT2D eigenvalue weighted by atomic mass is 9.93. The summed E-state index contributed by atoms with van der Waals surface area (Å²) < 4.78 is 46.1. The molecule has 10 rings (SSSR count). The molecule has 2 bridgehead atoms. The molecule has 4 aliphatic heterocycles. The average Bonchev–Trinajstić information content (AvgIpc) is 3.26. The van der Waals surface area contributed by atoms with Gasteiger partial charge in [0.25, 0.3) is 5.91 Å². The first-order valence-electron chi connectivity index (χ1n) is 28.7. The van der Waals surface area contributed by atoms with Crippen LogP contribution in [-0.4, -0.2) is 169 Å². The van der Waals surface area contributed by atoms with Gasteiger partial charge in [-0.2, -0.15) is 5.10 Å². The molecule has 2 saturated heterocycles. The van der Waals surface area contributed by atoms with Gasteiger partial charge in [0.2, 0.25) is 17.7 Å². The van der Waals surface area contributed by atoms with E-state index in [1.54, 1.807) is 88.0 Å². The lowest BCUT2D eigenvalue weighted by molar-refractivity contribution is -0.135. The quantitative estimate of drug-likeness (QED) is 0.0755. The number of anilines is 2. The number of methoxy groups -OCH3 is 2. The molecule has 0 unspecified atom stereocenters. The van der Waals surface area contributed by atoms with Gasteiger partial charge in [-0.3, -0.25) is 24.3 Å². The lowest BCUT2D eigenvalue weighted by Crippen LogP contribution is -2.56. The van der Waals surface area contributed by atoms with Crippen LogP contribution >= 0.6 is 11.6 Å². The van der Waals surface area contributed by atoms with Crippen molar-refractivity contribution in [2.24, 2.45) is 4.99 Å². The first-order chi connectivity index (χ1) is 41.0. The highest BCUT2D eigenvalue weighted by molar-refractivity contribution is 6.30. The fourth-order valence-corrected chi connectivity index (χ4v) is 11.7. The number of benzene rings is 4. The summed E-state index contributed by atoms with van der Waals surface area (Å²) in [7, 11) is 6.54. The number of urea groups is 1. The molecule has 448 valence electrons. The number of nitrogen functional groups attached to an aromatic ring is 1. The Bertz CT molecular complexity index is 3450. The molecule has 4 aliphatic rings. The van der Waals surface area contributed by atoms with Crippen molar-refractivity contribution < 1.29 is 47.3 Å². The summed E-state index contributed by atoms with van der Waals surface area (Å²) in [4.78, 5) is 76.7. The number of hydrogen-bond acceptors (Lipinski definition) is 14. The number of rotatable bonds is 19. The van der Waals surface area contributed by atoms with Gasteiger partial charge in [0, 0.05) is 75.2 Å². The number of halogens is 2. The highest BCUT2D eigenvalue weighted by Gasteiger charge is 2.46. The summed E-state index contributed by atoms with van der Waals surface area (Å²) in [5, 5.41) is 5.49. The van der Waals surface area contributed by atoms with E-state index < -0.39 is 17.9 Å². The number of nitrogens with two attached hydrogens (primary N) is 1. The molecule has 20 nitrogen and oxygen atoms in total. The highest BCUT2D eigenvalue weighted by atomic mass is 35.5. The molecule has 22 heteroatoms. The number of pyridine rings is 1. The Kier molecular flexibility index (Phi) is 18.5. The third-order valence-corrected chi connectivity index (χ3v) is 16.2. The van der Waals surface area contributed by atoms with Gasteiger partial charge in [0.05, 0.1) is 101 Å². The molecule has 2 fully saturated rings. The second-order valence-corrected chi connectivity index (χ2v) is 22.4. The Morgan fingerprint density at radius 1 is 0.859 bits per heavy atom. The molecule has 0 radical (unpaired) electrons. The molecule has 85 heavy (non-hydrogen) atoms. The van der Waals surface area contributed by atoms with Crippen molar-refractivity contribution >= 4 is 52.7 Å². The molecule has 0 saturated carbocycles. The topological polar surface area (TPSA) is 203 Å². The summed E-state index contributed by atoms with van der Waals surface area (Å²) in [6, 6.07) is 25.5. The Hall–Kier alpha value is -8.27. The van der Waals surface area contributed by atoms with Crippen LogP contribution in [0.3, 0.4) is 0 Å². The third-order valence-electron chi connectivity index (χ3n) is 16.0. The lowest BCUT2D eigenvalue weighted by Gasteiger charge is -2.38. The molecule has 0 spiro atoms. The number of amidine groups is 1. The van der Waals surface area contributed by atoms with Gasteiger partial charge in [0.1, 0.15) is 41.6 Å². The van der Waals surface area contributed by atoms with Crippen LogP contribution in [0.25, 0.3) is 11.1 Å². The van der Waals surface area contributed by atoms with Gasteiger partial charge >= 0.3 is 6.03 Å². The van der Waals surface area contributed by atoms with Gasteiger partial charge in [-0.15, -0.1) is 0 Å². The summed E-state index contributed by atoms with van der Waals surface area (Å²) >= 11 is 6.41. The van der Waals surface area contributed by atoms with Gasteiger partial charge in [-0.05, 0) is 98.8 Å². The second-order valence-electron chi connectivity index (χ2n) is 22.0. The van der Waals surface area contributed by atoms with E-state index in [9.17, 15) is 18.8 Å². The third kappa shape index (κ3) is 13.0. The Balaban J connectivity index is 0.720. The Labute approximate surface area is 499 Å². The predicted molar refractivity (Wildman–Crippen MR) is 321 cm³/mol. The zero-order valence-electron chi connectivity index (χ0n) is 49.1. The maximum absolute atomic E-state index is 15.2. The van der Waals surface area contributed by atoms with Gasteiger partial charge in [-0.25, -0.2) is 18.9 Å². The van der Waals surface area contributed by atoms with E-state index in [1.165, 1.54) is 12.1 Å². The second kappa shape index (κ2) is 26.3. The van der Waals surface area contributed by atoms with Crippen molar-refractivity contribution in [3.8, 4) is 28.5 Å². The number of carbonyl (C=O) groups is 4. The van der Waals surface area contributed by atoms with Crippen LogP contribution in [0.5, 0.6) is 17.4 Å². The molecule has 0 aliphatic carbocycles. The number of nitrogens with zero attached hydrogens (tertiary/aromatic N) is 10. The number of fused-ring (bicyclic) bond motifs is 8. The minimum atomic E-state index is -0.592. The van der Waals surface area contributed by atoms with Crippen LogP contribution < -0.4 is 24.8 Å². The highest BCUT2D eigenvalue weighted by Crippen LogP contribution is 2.47. The number of aliphatic imine (C=N–C) groups is 1. The van der Waals surface area contributed by atoms with Crippen molar-refractivity contribution in [1.29, 1.82) is 0 Å². The Morgan fingerprint density at radius 2 is 1.60 bits per heavy atom. The molecule has 5 amide bonds. The SMILES string of the molecule is COc1ccc(C2=N[C@@H](c3ccc(C)cc3)[C@@H](c3ccc(Cl)cc3)N2C(=O)N2CCN(CCOCCOCCC(=O)N(C)CCn3nc4c(c3OC)-c3cnc(N)c(c3)N3CCC[C@@H]3c3cc(F)ccc3C(=O)N(C)C4)C(=O)C2)c(OC(C)C)c1. The zero-order chi connectivity index (χ0) is 60.1. The molecule has 2 aromatic heterocycles. The zero-order valence-corrected chi connectivity index (χ0v) is 49.9. The van der Waals surface area contributed by atoms with Crippen molar-refractivity contribution in [3.63, 3.8) is 0 Å².